The van der Waals surface area contributed by atoms with Crippen LogP contribution < -0.4 is 21.4 Å². The predicted octanol–water partition coefficient (Wildman–Crippen LogP) is -1.93. The van der Waals surface area contributed by atoms with Gasteiger partial charge in [-0.05, 0) is 44.6 Å². The molecule has 3 saturated heterocycles. The van der Waals surface area contributed by atoms with Crippen LogP contribution in [0.3, 0.4) is 0 Å². The number of likely N-dealkylation sites (N-methyl/N-ethyl adjacent to an activating group) is 1. The highest BCUT2D eigenvalue weighted by Gasteiger charge is 2.38. The van der Waals surface area contributed by atoms with Crippen molar-refractivity contribution < 1.29 is 58.5 Å². The molecule has 3 rings (SSSR count). The van der Waals surface area contributed by atoms with Gasteiger partial charge >= 0.3 is 23.9 Å². The number of amides is 4. The van der Waals surface area contributed by atoms with Gasteiger partial charge in [0.05, 0.1) is 38.1 Å². The number of rotatable bonds is 11. The average molecular weight is 838 g/mol. The minimum absolute atomic E-state index is 0.0661. The van der Waals surface area contributed by atoms with Crippen molar-refractivity contribution in [3.8, 4) is 0 Å². The molecule has 0 radical (unpaired) electrons. The zero-order valence-corrected chi connectivity index (χ0v) is 34.5. The Hall–Kier alpha value is -4.41. The maximum Gasteiger partial charge on any atom is 0.317 e. The van der Waals surface area contributed by atoms with E-state index in [2.05, 4.69) is 21.0 Å². The van der Waals surface area contributed by atoms with E-state index in [4.69, 9.17) is 0 Å². The molecule has 0 aromatic carbocycles. The van der Waals surface area contributed by atoms with Crippen molar-refractivity contribution >= 4 is 53.1 Å². The highest BCUT2D eigenvalue weighted by atomic mass is 16.4. The zero-order valence-electron chi connectivity index (χ0n) is 34.5. The van der Waals surface area contributed by atoms with Crippen molar-refractivity contribution in [1.82, 2.24) is 46.0 Å². The first-order valence-electron chi connectivity index (χ1n) is 20.4. The summed E-state index contributed by atoms with van der Waals surface area (Å²) < 4.78 is 0. The number of hydrazine groups is 1. The van der Waals surface area contributed by atoms with Crippen molar-refractivity contribution in [3.63, 3.8) is 0 Å². The van der Waals surface area contributed by atoms with Gasteiger partial charge in [-0.15, -0.1) is 0 Å². The van der Waals surface area contributed by atoms with E-state index in [0.717, 1.165) is 0 Å². The Kier molecular flexibility index (Phi) is 20.4. The molecule has 332 valence electrons. The lowest BCUT2D eigenvalue weighted by Gasteiger charge is -2.32. The van der Waals surface area contributed by atoms with E-state index in [1.807, 2.05) is 17.3 Å². The molecule has 0 saturated carbocycles. The predicted molar refractivity (Wildman–Crippen MR) is 211 cm³/mol. The molecule has 4 atom stereocenters. The number of aliphatic carboxylic acids is 3. The number of carbonyl (C=O) groups excluding carboxylic acids is 6. The fourth-order valence-electron chi connectivity index (χ4n) is 7.53. The third kappa shape index (κ3) is 17.8. The fourth-order valence-corrected chi connectivity index (χ4v) is 7.53. The summed E-state index contributed by atoms with van der Waals surface area (Å²) in [4.78, 5) is 122. The van der Waals surface area contributed by atoms with E-state index in [-0.39, 0.29) is 56.5 Å². The number of carbonyl (C=O) groups is 9. The van der Waals surface area contributed by atoms with Crippen LogP contribution in [-0.4, -0.2) is 203 Å². The Morgan fingerprint density at radius 3 is 1.85 bits per heavy atom. The van der Waals surface area contributed by atoms with Crippen LogP contribution in [0.1, 0.15) is 65.2 Å². The zero-order chi connectivity index (χ0) is 43.6. The van der Waals surface area contributed by atoms with E-state index in [0.29, 0.717) is 91.0 Å². The van der Waals surface area contributed by atoms with Crippen LogP contribution in [-0.2, 0) is 38.4 Å². The Morgan fingerprint density at radius 1 is 0.712 bits per heavy atom. The minimum Gasteiger partial charge on any atom is -0.481 e. The third-order valence-corrected chi connectivity index (χ3v) is 10.8. The van der Waals surface area contributed by atoms with Crippen molar-refractivity contribution in [1.29, 1.82) is 0 Å². The van der Waals surface area contributed by atoms with Crippen LogP contribution in [0.4, 0.5) is 4.79 Å². The van der Waals surface area contributed by atoms with Crippen LogP contribution in [0, 0.1) is 11.8 Å². The molecular weight excluding hydrogens is 774 g/mol. The van der Waals surface area contributed by atoms with Gasteiger partial charge in [0.2, 0.25) is 11.7 Å². The SMILES string of the molecule is CC(C)[C@@H]1NN2CCC[C@H]2C(=O)CC(CC(=O)CN2CCN(C)CCN(CC(=O)O)CCN(CC(=O)O)CC2)CCCCNC(=O)N[C@@H](CC(=O)O)C(=O)NC(=O)C1=O. The smallest absolute Gasteiger partial charge is 0.317 e. The molecule has 4 amide bonds. The second kappa shape index (κ2) is 24.6. The molecule has 3 heterocycles. The van der Waals surface area contributed by atoms with Gasteiger partial charge in [-0.1, -0.05) is 20.3 Å². The van der Waals surface area contributed by atoms with Crippen LogP contribution in [0.25, 0.3) is 0 Å². The molecule has 21 nitrogen and oxygen atoms in total. The second-order valence-corrected chi connectivity index (χ2v) is 16.1. The molecule has 0 aromatic rings. The summed E-state index contributed by atoms with van der Waals surface area (Å²) in [5, 5.41) is 36.6. The lowest BCUT2D eigenvalue weighted by atomic mass is 9.88. The monoisotopic (exact) mass is 837 g/mol. The lowest BCUT2D eigenvalue weighted by Crippen LogP contribution is -2.59. The van der Waals surface area contributed by atoms with Gasteiger partial charge in [0, 0.05) is 78.3 Å². The van der Waals surface area contributed by atoms with Gasteiger partial charge in [0.25, 0.3) is 5.91 Å². The number of hydrogen-bond acceptors (Lipinski definition) is 15. The van der Waals surface area contributed by atoms with Crippen LogP contribution in [0.5, 0.6) is 0 Å². The van der Waals surface area contributed by atoms with E-state index in [1.54, 1.807) is 28.7 Å². The van der Waals surface area contributed by atoms with E-state index >= 15 is 0 Å². The molecule has 0 aliphatic carbocycles. The Labute approximate surface area is 344 Å². The number of carboxylic acids is 3. The van der Waals surface area contributed by atoms with Crippen molar-refractivity contribution in [2.45, 2.75) is 83.3 Å². The van der Waals surface area contributed by atoms with Crippen molar-refractivity contribution in [2.24, 2.45) is 11.8 Å². The number of nitrogens with one attached hydrogen (secondary N) is 4. The van der Waals surface area contributed by atoms with Crippen molar-refractivity contribution in [3.05, 3.63) is 0 Å². The van der Waals surface area contributed by atoms with Gasteiger partial charge in [0.15, 0.2) is 5.78 Å². The summed E-state index contributed by atoms with van der Waals surface area (Å²) in [5.74, 6) is -7.93. The van der Waals surface area contributed by atoms with Gasteiger partial charge in [0.1, 0.15) is 11.8 Å². The first-order valence-corrected chi connectivity index (χ1v) is 20.4. The average Bonchev–Trinajstić information content (AvgIpc) is 3.62. The maximum absolute atomic E-state index is 14.0. The third-order valence-electron chi connectivity index (χ3n) is 10.8. The molecule has 3 aliphatic rings. The Balaban J connectivity index is 1.79. The van der Waals surface area contributed by atoms with E-state index < -0.39 is 72.0 Å². The van der Waals surface area contributed by atoms with Crippen molar-refractivity contribution in [2.75, 3.05) is 92.1 Å². The quantitative estimate of drug-likeness (QED) is 0.0882. The standard InChI is InChI=1S/C38H63N9O12/c1-25(2)34-35(56)37(58)41-36(57)28(21-31(50)51)40-38(59)39-9-5-4-7-26(20-30(49)29-8-6-10-47(29)42-34)19-27(48)22-44-13-11-43(3)12-14-45(23-32(52)53)17-18-46(16-15-44)24-33(54)55/h25-26,28-29,34,42H,4-24H2,1-3H3,(H,50,51)(H,52,53)(H,54,55)(H2,39,40,59)(H,41,57,58)/t26?,28-,29-,34-/m0/s1. The summed E-state index contributed by atoms with van der Waals surface area (Å²) in [6.45, 7) is 7.10. The number of imide groups is 1. The molecule has 1 unspecified atom stereocenters. The number of hydrogen-bond donors (Lipinski definition) is 7. The van der Waals surface area contributed by atoms with Gasteiger partial charge < -0.3 is 30.9 Å². The second-order valence-electron chi connectivity index (χ2n) is 16.1. The molecule has 3 aliphatic heterocycles. The molecule has 3 fully saturated rings. The van der Waals surface area contributed by atoms with Crippen LogP contribution in [0.2, 0.25) is 0 Å². The normalized spacial score (nSPS) is 25.9. The largest absolute Gasteiger partial charge is 0.481 e. The molecule has 0 bridgehead atoms. The number of carboxylic acid groups (broad SMARTS) is 3. The molecule has 21 heteroatoms. The molecule has 7 N–H and O–H groups in total. The highest BCUT2D eigenvalue weighted by molar-refractivity contribution is 6.40. The van der Waals surface area contributed by atoms with Gasteiger partial charge in [-0.25, -0.2) is 15.2 Å². The molecule has 0 aromatic heterocycles. The summed E-state index contributed by atoms with van der Waals surface area (Å²) >= 11 is 0. The maximum atomic E-state index is 14.0. The first kappa shape index (κ1) is 49.0. The number of Topliss-reactive ketones (excluding diaryl/α,β-unsaturated/α-hetero) is 3. The summed E-state index contributed by atoms with van der Waals surface area (Å²) in [7, 11) is 1.91. The Bertz CT molecular complexity index is 1510. The summed E-state index contributed by atoms with van der Waals surface area (Å²) in [6.07, 6.45) is 1.83. The van der Waals surface area contributed by atoms with Gasteiger partial charge in [-0.2, -0.15) is 0 Å². The summed E-state index contributed by atoms with van der Waals surface area (Å²) in [6, 6.07) is -4.30. The minimum atomic E-state index is -1.65. The van der Waals surface area contributed by atoms with E-state index in [1.165, 1.54) is 0 Å². The van der Waals surface area contributed by atoms with E-state index in [9.17, 15) is 58.5 Å². The van der Waals surface area contributed by atoms with Crippen LogP contribution >= 0.6 is 0 Å². The number of urea groups is 1. The number of fused-ring (bicyclic) bond motifs is 1. The number of nitrogens with zero attached hydrogens (tertiary/aromatic N) is 5. The van der Waals surface area contributed by atoms with Crippen LogP contribution in [0.15, 0.2) is 0 Å². The Morgan fingerprint density at radius 2 is 1.29 bits per heavy atom. The highest BCUT2D eigenvalue weighted by Crippen LogP contribution is 2.25. The molecule has 0 spiro atoms. The van der Waals surface area contributed by atoms with Gasteiger partial charge in [-0.3, -0.25) is 58.4 Å². The summed E-state index contributed by atoms with van der Waals surface area (Å²) in [5.41, 5.74) is 3.04. The lowest BCUT2D eigenvalue weighted by molar-refractivity contribution is -0.145. The molecular formula is C38H63N9O12. The molecule has 59 heavy (non-hydrogen) atoms. The number of ketones is 3. The first-order chi connectivity index (χ1) is 27.9. The topological polar surface area (TPSA) is 279 Å². The fraction of sp³-hybridized carbons (Fsp3) is 0.763.